The fourth-order valence-electron chi connectivity index (χ4n) is 4.02. The second-order valence-corrected chi connectivity index (χ2v) is 6.72. The SMILES string of the molecule is Cc1ccccc1C1CC(N[C@@H](C)C2CCCC2)C1. The summed E-state index contributed by atoms with van der Waals surface area (Å²) in [5.74, 6) is 1.74. The summed E-state index contributed by atoms with van der Waals surface area (Å²) in [5.41, 5.74) is 3.05. The second kappa shape index (κ2) is 5.66. The molecule has 0 saturated heterocycles. The first kappa shape index (κ1) is 13.2. The van der Waals surface area contributed by atoms with E-state index in [1.165, 1.54) is 44.1 Å². The fourth-order valence-corrected chi connectivity index (χ4v) is 4.02. The van der Waals surface area contributed by atoms with Crippen LogP contribution in [0, 0.1) is 12.8 Å². The van der Waals surface area contributed by atoms with Crippen molar-refractivity contribution in [2.45, 2.75) is 70.4 Å². The number of aryl methyl sites for hydroxylation is 1. The lowest BCUT2D eigenvalue weighted by atomic mass is 9.74. The third-order valence-corrected chi connectivity index (χ3v) is 5.37. The van der Waals surface area contributed by atoms with E-state index in [9.17, 15) is 0 Å². The van der Waals surface area contributed by atoms with Crippen molar-refractivity contribution in [2.75, 3.05) is 0 Å². The number of benzene rings is 1. The van der Waals surface area contributed by atoms with Crippen LogP contribution in [0.5, 0.6) is 0 Å². The maximum absolute atomic E-state index is 3.88. The third-order valence-electron chi connectivity index (χ3n) is 5.37. The van der Waals surface area contributed by atoms with Crippen LogP contribution < -0.4 is 5.32 Å². The van der Waals surface area contributed by atoms with Gasteiger partial charge in [0.1, 0.15) is 0 Å². The Morgan fingerprint density at radius 2 is 1.79 bits per heavy atom. The van der Waals surface area contributed by atoms with Crippen LogP contribution in [0.1, 0.15) is 62.5 Å². The van der Waals surface area contributed by atoms with Crippen LogP contribution in [0.15, 0.2) is 24.3 Å². The molecule has 0 aliphatic heterocycles. The summed E-state index contributed by atoms with van der Waals surface area (Å²) in [7, 11) is 0. The highest BCUT2D eigenvalue weighted by Crippen LogP contribution is 2.39. The lowest BCUT2D eigenvalue weighted by Crippen LogP contribution is -2.46. The summed E-state index contributed by atoms with van der Waals surface area (Å²) in [6.45, 7) is 4.65. The standard InChI is InChI=1S/C18H27N/c1-13-7-3-6-10-18(13)16-11-17(12-16)19-14(2)15-8-4-5-9-15/h3,6-7,10,14-17,19H,4-5,8-9,11-12H2,1-2H3/t14-,16?,17?/m0/s1. The van der Waals surface area contributed by atoms with Gasteiger partial charge in [-0.3, -0.25) is 0 Å². The Balaban J connectivity index is 1.49. The van der Waals surface area contributed by atoms with Gasteiger partial charge in [0.2, 0.25) is 0 Å². The van der Waals surface area contributed by atoms with Crippen LogP contribution >= 0.6 is 0 Å². The topological polar surface area (TPSA) is 12.0 Å². The number of hydrogen-bond donors (Lipinski definition) is 1. The molecular weight excluding hydrogens is 230 g/mol. The molecule has 3 rings (SSSR count). The molecule has 0 radical (unpaired) electrons. The first-order valence-electron chi connectivity index (χ1n) is 8.05. The van der Waals surface area contributed by atoms with Crippen molar-refractivity contribution >= 4 is 0 Å². The van der Waals surface area contributed by atoms with Crippen molar-refractivity contribution < 1.29 is 0 Å². The molecule has 0 spiro atoms. The molecule has 1 aromatic rings. The maximum atomic E-state index is 3.88. The minimum Gasteiger partial charge on any atom is -0.311 e. The quantitative estimate of drug-likeness (QED) is 0.842. The molecule has 1 aromatic carbocycles. The summed E-state index contributed by atoms with van der Waals surface area (Å²) < 4.78 is 0. The lowest BCUT2D eigenvalue weighted by molar-refractivity contribution is 0.238. The monoisotopic (exact) mass is 257 g/mol. The van der Waals surface area contributed by atoms with E-state index in [1.54, 1.807) is 5.56 Å². The smallest absolute Gasteiger partial charge is 0.00813 e. The van der Waals surface area contributed by atoms with Gasteiger partial charge in [-0.2, -0.15) is 0 Å². The highest BCUT2D eigenvalue weighted by Gasteiger charge is 2.33. The van der Waals surface area contributed by atoms with E-state index in [0.29, 0.717) is 0 Å². The van der Waals surface area contributed by atoms with Crippen molar-refractivity contribution in [3.8, 4) is 0 Å². The molecular formula is C18H27N. The normalized spacial score (nSPS) is 29.2. The zero-order chi connectivity index (χ0) is 13.2. The molecule has 2 saturated carbocycles. The van der Waals surface area contributed by atoms with Gasteiger partial charge in [0.25, 0.3) is 0 Å². The second-order valence-electron chi connectivity index (χ2n) is 6.72. The number of hydrogen-bond acceptors (Lipinski definition) is 1. The van der Waals surface area contributed by atoms with Crippen LogP contribution in [0.2, 0.25) is 0 Å². The molecule has 2 aliphatic carbocycles. The molecule has 2 fully saturated rings. The zero-order valence-electron chi connectivity index (χ0n) is 12.4. The Kier molecular flexibility index (Phi) is 3.93. The average Bonchev–Trinajstić information content (AvgIpc) is 2.88. The first-order chi connectivity index (χ1) is 9.24. The molecule has 1 heteroatoms. The van der Waals surface area contributed by atoms with Crippen molar-refractivity contribution in [1.82, 2.24) is 5.32 Å². The van der Waals surface area contributed by atoms with E-state index in [1.807, 2.05) is 0 Å². The van der Waals surface area contributed by atoms with Gasteiger partial charge in [-0.1, -0.05) is 37.1 Å². The van der Waals surface area contributed by atoms with Gasteiger partial charge in [0, 0.05) is 12.1 Å². The van der Waals surface area contributed by atoms with E-state index < -0.39 is 0 Å². The Morgan fingerprint density at radius 3 is 2.47 bits per heavy atom. The maximum Gasteiger partial charge on any atom is 0.00813 e. The fraction of sp³-hybridized carbons (Fsp3) is 0.667. The van der Waals surface area contributed by atoms with Crippen LogP contribution in [-0.2, 0) is 0 Å². The molecule has 0 amide bonds. The van der Waals surface area contributed by atoms with Gasteiger partial charge < -0.3 is 5.32 Å². The minimum atomic E-state index is 0.727. The van der Waals surface area contributed by atoms with Gasteiger partial charge in [0.05, 0.1) is 0 Å². The Morgan fingerprint density at radius 1 is 1.11 bits per heavy atom. The van der Waals surface area contributed by atoms with E-state index in [-0.39, 0.29) is 0 Å². The molecule has 104 valence electrons. The van der Waals surface area contributed by atoms with E-state index in [2.05, 4.69) is 43.4 Å². The van der Waals surface area contributed by atoms with Gasteiger partial charge in [0.15, 0.2) is 0 Å². The van der Waals surface area contributed by atoms with E-state index in [0.717, 1.165) is 23.9 Å². The Hall–Kier alpha value is -0.820. The minimum absolute atomic E-state index is 0.727. The Bertz CT molecular complexity index is 413. The lowest BCUT2D eigenvalue weighted by Gasteiger charge is -2.40. The van der Waals surface area contributed by atoms with Crippen LogP contribution in [0.25, 0.3) is 0 Å². The third kappa shape index (κ3) is 2.86. The highest BCUT2D eigenvalue weighted by molar-refractivity contribution is 5.31. The molecule has 19 heavy (non-hydrogen) atoms. The summed E-state index contributed by atoms with van der Waals surface area (Å²) >= 11 is 0. The molecule has 1 atom stereocenters. The molecule has 1 nitrogen and oxygen atoms in total. The molecule has 1 N–H and O–H groups in total. The Labute approximate surface area is 117 Å². The summed E-state index contributed by atoms with van der Waals surface area (Å²) in [6, 6.07) is 10.4. The molecule has 0 unspecified atom stereocenters. The first-order valence-corrected chi connectivity index (χ1v) is 8.05. The summed E-state index contributed by atoms with van der Waals surface area (Å²) in [6.07, 6.45) is 8.47. The summed E-state index contributed by atoms with van der Waals surface area (Å²) in [4.78, 5) is 0. The van der Waals surface area contributed by atoms with Gasteiger partial charge in [-0.15, -0.1) is 0 Å². The van der Waals surface area contributed by atoms with Crippen molar-refractivity contribution in [2.24, 2.45) is 5.92 Å². The van der Waals surface area contributed by atoms with Crippen LogP contribution in [-0.4, -0.2) is 12.1 Å². The van der Waals surface area contributed by atoms with Gasteiger partial charge in [-0.05, 0) is 62.5 Å². The largest absolute Gasteiger partial charge is 0.311 e. The van der Waals surface area contributed by atoms with Crippen LogP contribution in [0.4, 0.5) is 0 Å². The molecule has 0 bridgehead atoms. The zero-order valence-corrected chi connectivity index (χ0v) is 12.4. The van der Waals surface area contributed by atoms with Crippen molar-refractivity contribution in [3.05, 3.63) is 35.4 Å². The van der Waals surface area contributed by atoms with Crippen molar-refractivity contribution in [1.29, 1.82) is 0 Å². The predicted octanol–water partition coefficient (Wildman–Crippen LogP) is 4.41. The summed E-state index contributed by atoms with van der Waals surface area (Å²) in [5, 5.41) is 3.88. The van der Waals surface area contributed by atoms with E-state index in [4.69, 9.17) is 0 Å². The number of rotatable bonds is 4. The predicted molar refractivity (Wildman–Crippen MR) is 81.5 cm³/mol. The van der Waals surface area contributed by atoms with Crippen LogP contribution in [0.3, 0.4) is 0 Å². The highest BCUT2D eigenvalue weighted by atomic mass is 15.0. The van der Waals surface area contributed by atoms with Crippen molar-refractivity contribution in [3.63, 3.8) is 0 Å². The van der Waals surface area contributed by atoms with Gasteiger partial charge >= 0.3 is 0 Å². The van der Waals surface area contributed by atoms with E-state index >= 15 is 0 Å². The average molecular weight is 257 g/mol. The number of nitrogens with one attached hydrogen (secondary N) is 1. The molecule has 0 aromatic heterocycles. The molecule has 2 aliphatic rings. The molecule has 0 heterocycles. The van der Waals surface area contributed by atoms with Gasteiger partial charge in [-0.25, -0.2) is 0 Å².